The molecule has 0 saturated carbocycles. The summed E-state index contributed by atoms with van der Waals surface area (Å²) in [6.45, 7) is 4.58. The molecule has 0 N–H and O–H groups in total. The minimum absolute atomic E-state index is 1.31. The van der Waals surface area contributed by atoms with Crippen molar-refractivity contribution >= 4 is 0 Å². The molecule has 0 heteroatoms. The van der Waals surface area contributed by atoms with Gasteiger partial charge in [0.05, 0.1) is 0 Å². The summed E-state index contributed by atoms with van der Waals surface area (Å²) in [5.41, 5.74) is 0. The highest BCUT2D eigenvalue weighted by Crippen LogP contribution is 2.11. The second-order valence-corrected chi connectivity index (χ2v) is 7.00. The highest BCUT2D eigenvalue weighted by molar-refractivity contribution is 4.81. The van der Waals surface area contributed by atoms with E-state index in [-0.39, 0.29) is 0 Å². The maximum Gasteiger partial charge on any atom is -0.0351 e. The lowest BCUT2D eigenvalue weighted by Crippen LogP contribution is -1.81. The highest BCUT2D eigenvalue weighted by atomic mass is 14.0. The molecule has 0 unspecified atom stereocenters. The summed E-state index contributed by atoms with van der Waals surface area (Å²) in [6.07, 6.45) is 30.4. The summed E-state index contributed by atoms with van der Waals surface area (Å²) in [5.74, 6) is 0. The quantitative estimate of drug-likeness (QED) is 0.176. The van der Waals surface area contributed by atoms with Gasteiger partial charge in [-0.3, -0.25) is 0 Å². The third kappa shape index (κ3) is 19.7. The van der Waals surface area contributed by atoms with Crippen LogP contribution in [0.5, 0.6) is 0 Å². The van der Waals surface area contributed by atoms with Crippen molar-refractivity contribution in [2.45, 2.75) is 129 Å². The average Bonchev–Trinajstić information content (AvgIpc) is 2.54. The van der Waals surface area contributed by atoms with Crippen molar-refractivity contribution in [1.82, 2.24) is 0 Å². The molecule has 0 saturated heterocycles. The Morgan fingerprint density at radius 2 is 0.636 bits per heavy atom. The van der Waals surface area contributed by atoms with E-state index in [1.807, 2.05) is 0 Å². The maximum absolute atomic E-state index is 2.43. The van der Waals surface area contributed by atoms with Crippen LogP contribution in [0.3, 0.4) is 0 Å². The number of hydrogen-bond acceptors (Lipinski definition) is 0. The molecular weight excluding hydrogens is 264 g/mol. The van der Waals surface area contributed by atoms with E-state index in [4.69, 9.17) is 0 Å². The second-order valence-electron chi connectivity index (χ2n) is 7.00. The van der Waals surface area contributed by atoms with E-state index >= 15 is 0 Å². The summed E-state index contributed by atoms with van der Waals surface area (Å²) in [6, 6.07) is 0. The third-order valence-electron chi connectivity index (χ3n) is 4.62. The van der Waals surface area contributed by atoms with Crippen LogP contribution >= 0.6 is 0 Å². The van der Waals surface area contributed by atoms with Crippen molar-refractivity contribution in [3.63, 3.8) is 0 Å². The number of allylic oxidation sites excluding steroid dienone is 2. The predicted molar refractivity (Wildman–Crippen MR) is 104 cm³/mol. The minimum Gasteiger partial charge on any atom is -0.0885 e. The van der Waals surface area contributed by atoms with Gasteiger partial charge in [-0.25, -0.2) is 0 Å². The fraction of sp³-hybridized carbons (Fsp3) is 0.909. The molecule has 22 heavy (non-hydrogen) atoms. The van der Waals surface area contributed by atoms with Gasteiger partial charge in [-0.15, -0.1) is 0 Å². The molecule has 0 aliphatic carbocycles. The van der Waals surface area contributed by atoms with Crippen LogP contribution in [0.4, 0.5) is 0 Å². The lowest BCUT2D eigenvalue weighted by atomic mass is 10.1. The molecule has 0 aromatic rings. The number of hydrogen-bond donors (Lipinski definition) is 0. The fourth-order valence-electron chi connectivity index (χ4n) is 3.03. The van der Waals surface area contributed by atoms with Crippen LogP contribution in [-0.4, -0.2) is 0 Å². The van der Waals surface area contributed by atoms with Gasteiger partial charge in [0.2, 0.25) is 0 Å². The molecule has 132 valence electrons. The van der Waals surface area contributed by atoms with Crippen LogP contribution in [0.1, 0.15) is 129 Å². The van der Waals surface area contributed by atoms with E-state index in [1.165, 1.54) is 116 Å². The van der Waals surface area contributed by atoms with Gasteiger partial charge in [0.15, 0.2) is 0 Å². The van der Waals surface area contributed by atoms with Crippen LogP contribution in [0.25, 0.3) is 0 Å². The van der Waals surface area contributed by atoms with Crippen LogP contribution < -0.4 is 0 Å². The summed E-state index contributed by atoms with van der Waals surface area (Å²) >= 11 is 0. The first kappa shape index (κ1) is 21.7. The molecule has 0 aliphatic rings. The van der Waals surface area contributed by atoms with Gasteiger partial charge in [0.1, 0.15) is 0 Å². The Labute approximate surface area is 142 Å². The molecule has 0 aliphatic heterocycles. The highest BCUT2D eigenvalue weighted by Gasteiger charge is 1.92. The van der Waals surface area contributed by atoms with E-state index in [0.717, 1.165) is 0 Å². The molecule has 0 nitrogen and oxygen atoms in total. The Morgan fingerprint density at radius 3 is 0.955 bits per heavy atom. The Bertz CT molecular complexity index is 204. The smallest absolute Gasteiger partial charge is 0.0351 e. The van der Waals surface area contributed by atoms with Crippen molar-refractivity contribution in [2.24, 2.45) is 0 Å². The lowest BCUT2D eigenvalue weighted by Gasteiger charge is -2.01. The van der Waals surface area contributed by atoms with E-state index < -0.39 is 0 Å². The van der Waals surface area contributed by atoms with Gasteiger partial charge in [-0.2, -0.15) is 0 Å². The molecule has 0 rings (SSSR count). The minimum atomic E-state index is 1.31. The Balaban J connectivity index is 3.02. The molecule has 0 heterocycles. The summed E-state index contributed by atoms with van der Waals surface area (Å²) in [4.78, 5) is 0. The van der Waals surface area contributed by atoms with Gasteiger partial charge >= 0.3 is 0 Å². The summed E-state index contributed by atoms with van der Waals surface area (Å²) < 4.78 is 0. The van der Waals surface area contributed by atoms with Crippen molar-refractivity contribution in [2.75, 3.05) is 0 Å². The van der Waals surface area contributed by atoms with E-state index in [2.05, 4.69) is 26.0 Å². The standard InChI is InChI=1S/C22H44/c1-3-5-7-9-11-13-15-17-19-21-22-20-18-16-14-12-10-8-6-4-2/h19,21H,3-18,20,22H2,1-2H3/b21-19+. The van der Waals surface area contributed by atoms with Crippen LogP contribution in [0.2, 0.25) is 0 Å². The molecule has 0 amide bonds. The SMILES string of the molecule is CCCCCCCCC/C=C/CCCCCCCCCCC. The molecule has 0 spiro atoms. The van der Waals surface area contributed by atoms with E-state index in [1.54, 1.807) is 0 Å². The monoisotopic (exact) mass is 308 g/mol. The molecule has 0 fully saturated rings. The molecule has 0 bridgehead atoms. The summed E-state index contributed by atoms with van der Waals surface area (Å²) in [7, 11) is 0. The van der Waals surface area contributed by atoms with Crippen molar-refractivity contribution in [3.05, 3.63) is 12.2 Å². The Morgan fingerprint density at radius 1 is 0.364 bits per heavy atom. The molecule has 0 radical (unpaired) electrons. The number of rotatable bonds is 18. The van der Waals surface area contributed by atoms with Gasteiger partial charge in [0, 0.05) is 0 Å². The van der Waals surface area contributed by atoms with Gasteiger partial charge < -0.3 is 0 Å². The third-order valence-corrected chi connectivity index (χ3v) is 4.62. The van der Waals surface area contributed by atoms with Gasteiger partial charge in [0.25, 0.3) is 0 Å². The average molecular weight is 309 g/mol. The van der Waals surface area contributed by atoms with Gasteiger partial charge in [-0.05, 0) is 25.7 Å². The van der Waals surface area contributed by atoms with Crippen LogP contribution in [0, 0.1) is 0 Å². The molecule has 0 atom stereocenters. The van der Waals surface area contributed by atoms with Crippen molar-refractivity contribution in [1.29, 1.82) is 0 Å². The maximum atomic E-state index is 2.43. The zero-order chi connectivity index (χ0) is 16.1. The lowest BCUT2D eigenvalue weighted by molar-refractivity contribution is 0.566. The molecular formula is C22H44. The fourth-order valence-corrected chi connectivity index (χ4v) is 3.03. The molecule has 0 aromatic carbocycles. The number of unbranched alkanes of at least 4 members (excludes halogenated alkanes) is 16. The first-order valence-corrected chi connectivity index (χ1v) is 10.6. The first-order valence-electron chi connectivity index (χ1n) is 10.6. The second kappa shape index (κ2) is 20.7. The van der Waals surface area contributed by atoms with Crippen LogP contribution in [-0.2, 0) is 0 Å². The zero-order valence-corrected chi connectivity index (χ0v) is 15.9. The molecule has 0 aromatic heterocycles. The first-order chi connectivity index (χ1) is 10.9. The Hall–Kier alpha value is -0.260. The Kier molecular flexibility index (Phi) is 20.5. The normalized spacial score (nSPS) is 11.5. The van der Waals surface area contributed by atoms with E-state index in [0.29, 0.717) is 0 Å². The van der Waals surface area contributed by atoms with Crippen LogP contribution in [0.15, 0.2) is 12.2 Å². The summed E-state index contributed by atoms with van der Waals surface area (Å²) in [5, 5.41) is 0. The topological polar surface area (TPSA) is 0 Å². The zero-order valence-electron chi connectivity index (χ0n) is 15.9. The van der Waals surface area contributed by atoms with Crippen molar-refractivity contribution in [3.8, 4) is 0 Å². The van der Waals surface area contributed by atoms with Crippen molar-refractivity contribution < 1.29 is 0 Å². The van der Waals surface area contributed by atoms with E-state index in [9.17, 15) is 0 Å². The van der Waals surface area contributed by atoms with Gasteiger partial charge in [-0.1, -0.05) is 116 Å². The predicted octanol–water partition coefficient (Wildman–Crippen LogP) is 8.60. The largest absolute Gasteiger partial charge is 0.0885 e.